The van der Waals surface area contributed by atoms with Gasteiger partial charge in [0.25, 0.3) is 11.5 Å². The first-order chi connectivity index (χ1) is 16.2. The van der Waals surface area contributed by atoms with Gasteiger partial charge in [0.2, 0.25) is 11.8 Å². The van der Waals surface area contributed by atoms with Gasteiger partial charge in [0.1, 0.15) is 0 Å². The summed E-state index contributed by atoms with van der Waals surface area (Å²) in [5, 5.41) is 1.56. The number of halogens is 2. The molecule has 0 aliphatic heterocycles. The van der Waals surface area contributed by atoms with E-state index in [9.17, 15) is 23.6 Å². The number of nitrogens with two attached hydrogens (primary N) is 1. The molecule has 1 aliphatic carbocycles. The topological polar surface area (TPSA) is 125 Å². The molecule has 0 bridgehead atoms. The van der Waals surface area contributed by atoms with E-state index in [2.05, 4.69) is 10.4 Å². The average Bonchev–Trinajstić information content (AvgIpc) is 3.25. The van der Waals surface area contributed by atoms with Crippen LogP contribution in [-0.2, 0) is 14.4 Å². The number of carbonyl (C=O) groups is 4. The molecule has 4 N–H and O–H groups in total. The molecule has 0 saturated heterocycles. The predicted octanol–water partition coefficient (Wildman–Crippen LogP) is 3.60. The molecule has 1 aromatic heterocycles. The van der Waals surface area contributed by atoms with Crippen LogP contribution in [-0.4, -0.2) is 45.7 Å². The Kier molecular flexibility index (Phi) is 9.04. The molecule has 0 unspecified atom stereocenters. The molecule has 8 nitrogen and oxygen atoms in total. The van der Waals surface area contributed by atoms with E-state index in [1.807, 2.05) is 24.3 Å². The number of primary amides is 1. The number of H-pyrrole nitrogens is 1. The molecule has 1 saturated carbocycles. The van der Waals surface area contributed by atoms with Crippen molar-refractivity contribution in [1.82, 2.24) is 15.4 Å². The highest BCUT2D eigenvalue weighted by atomic mass is 35.5. The molecule has 1 aromatic carbocycles. The van der Waals surface area contributed by atoms with E-state index in [0.717, 1.165) is 43.0 Å². The minimum absolute atomic E-state index is 0.0765. The summed E-state index contributed by atoms with van der Waals surface area (Å²) in [6.45, 7) is -0.320. The van der Waals surface area contributed by atoms with Crippen LogP contribution < -0.4 is 11.2 Å². The number of hydrogen-bond acceptors (Lipinski definition) is 4. The molecule has 2 aromatic rings. The number of amides is 3. The third-order valence-corrected chi connectivity index (χ3v) is 6.44. The van der Waals surface area contributed by atoms with Crippen LogP contribution in [0.2, 0.25) is 0 Å². The van der Waals surface area contributed by atoms with Crippen molar-refractivity contribution in [3.05, 3.63) is 36.0 Å². The van der Waals surface area contributed by atoms with Crippen molar-refractivity contribution in [2.24, 2.45) is 17.6 Å². The summed E-state index contributed by atoms with van der Waals surface area (Å²) in [4.78, 5) is 52.6. The van der Waals surface area contributed by atoms with Gasteiger partial charge in [-0.05, 0) is 24.5 Å². The Morgan fingerprint density at radius 3 is 2.53 bits per heavy atom. The molecule has 1 aliphatic rings. The Balaban J connectivity index is 1.76. The molecule has 184 valence electrons. The molecule has 2 atom stereocenters. The number of Topliss-reactive ketones (excluding diaryl/α,β-unsaturated/α-hetero) is 1. The minimum atomic E-state index is -2.39. The predicted molar refractivity (Wildman–Crippen MR) is 126 cm³/mol. The molecule has 1 heterocycles. The van der Waals surface area contributed by atoms with Gasteiger partial charge in [0.15, 0.2) is 5.78 Å². The molecular weight excluding hydrogens is 463 g/mol. The Labute approximate surface area is 202 Å². The number of aromatic nitrogens is 1. The van der Waals surface area contributed by atoms with Gasteiger partial charge in [0, 0.05) is 29.7 Å². The van der Waals surface area contributed by atoms with E-state index < -0.39 is 29.3 Å². The van der Waals surface area contributed by atoms with E-state index in [1.165, 1.54) is 0 Å². The van der Waals surface area contributed by atoms with Crippen molar-refractivity contribution >= 4 is 46.0 Å². The molecule has 34 heavy (non-hydrogen) atoms. The van der Waals surface area contributed by atoms with Crippen LogP contribution in [0.3, 0.4) is 0 Å². The summed E-state index contributed by atoms with van der Waals surface area (Å²) in [6.07, 6.45) is 5.30. The lowest BCUT2D eigenvalue weighted by molar-refractivity contribution is -0.145. The number of para-hydroxylation sites is 1. The Morgan fingerprint density at radius 1 is 1.18 bits per heavy atom. The number of alkyl halides is 2. The monoisotopic (exact) mass is 492 g/mol. The Bertz CT molecular complexity index is 1000. The number of hydrazine groups is 1. The summed E-state index contributed by atoms with van der Waals surface area (Å²) in [6, 6.07) is 9.23. The average molecular weight is 493 g/mol. The summed E-state index contributed by atoms with van der Waals surface area (Å²) in [5.41, 5.74) is 6.33. The van der Waals surface area contributed by atoms with Crippen LogP contribution in [0.4, 0.5) is 4.39 Å². The molecule has 0 spiro atoms. The lowest BCUT2D eigenvalue weighted by Gasteiger charge is -2.29. The number of hydrogen-bond donors (Lipinski definition) is 3. The number of ketones is 1. The zero-order chi connectivity index (χ0) is 24.7. The van der Waals surface area contributed by atoms with Crippen molar-refractivity contribution in [3.63, 3.8) is 0 Å². The molecule has 3 amide bonds. The summed E-state index contributed by atoms with van der Waals surface area (Å²) < 4.78 is 13.5. The number of fused-ring (bicyclic) bond motifs is 1. The van der Waals surface area contributed by atoms with Crippen LogP contribution in [0.5, 0.6) is 0 Å². The smallest absolute Gasteiger partial charge is 0.291 e. The second-order valence-electron chi connectivity index (χ2n) is 8.82. The highest BCUT2D eigenvalue weighted by Crippen LogP contribution is 2.31. The maximum absolute atomic E-state index is 13.5. The summed E-state index contributed by atoms with van der Waals surface area (Å²) >= 11 is 5.28. The fourth-order valence-corrected chi connectivity index (χ4v) is 4.57. The van der Waals surface area contributed by atoms with Gasteiger partial charge < -0.3 is 10.7 Å². The quantitative estimate of drug-likeness (QED) is 0.266. The van der Waals surface area contributed by atoms with Gasteiger partial charge in [-0.25, -0.2) is 9.40 Å². The van der Waals surface area contributed by atoms with Crippen LogP contribution in [0.25, 0.3) is 10.9 Å². The highest BCUT2D eigenvalue weighted by molar-refractivity contribution is 6.29. The second kappa shape index (κ2) is 12.0. The number of nitrogens with zero attached hydrogens (tertiary/aromatic N) is 1. The number of aromatic amines is 1. The van der Waals surface area contributed by atoms with Crippen molar-refractivity contribution in [3.8, 4) is 0 Å². The SMILES string of the molecule is NC(=O)CCN(NC(=O)[C@@H](CC(=O)c1cc2ccccc2[nH]1)CC1CCCCC1)C(=O)[C@@H](F)Cl. The molecule has 3 rings (SSSR count). The summed E-state index contributed by atoms with van der Waals surface area (Å²) in [7, 11) is 0. The van der Waals surface area contributed by atoms with E-state index >= 15 is 0 Å². The number of benzene rings is 1. The van der Waals surface area contributed by atoms with Gasteiger partial charge in [-0.1, -0.05) is 61.9 Å². The summed E-state index contributed by atoms with van der Waals surface area (Å²) in [5.74, 6) is -3.21. The standard InChI is InChI=1S/C24H30ClFN4O4/c25-22(26)24(34)30(11-10-21(27)32)29-23(33)17(12-15-6-2-1-3-7-15)14-20(31)19-13-16-8-4-5-9-18(16)28-19/h4-5,8-9,13,15,17,22,28H,1-3,6-7,10-12,14H2,(H2,27,32)(H,29,33)/t17-,22-/m1/s1. The molecule has 0 radical (unpaired) electrons. The lowest BCUT2D eigenvalue weighted by Crippen LogP contribution is -2.51. The zero-order valence-electron chi connectivity index (χ0n) is 18.9. The maximum Gasteiger partial charge on any atom is 0.291 e. The van der Waals surface area contributed by atoms with Crippen molar-refractivity contribution in [2.75, 3.05) is 6.54 Å². The van der Waals surface area contributed by atoms with E-state index in [4.69, 9.17) is 17.3 Å². The van der Waals surface area contributed by atoms with Crippen LogP contribution >= 0.6 is 11.6 Å². The number of carbonyl (C=O) groups excluding carboxylic acids is 4. The van der Waals surface area contributed by atoms with Crippen molar-refractivity contribution in [1.29, 1.82) is 0 Å². The third-order valence-electron chi connectivity index (χ3n) is 6.26. The van der Waals surface area contributed by atoms with Gasteiger partial charge >= 0.3 is 0 Å². The van der Waals surface area contributed by atoms with Crippen LogP contribution in [0.15, 0.2) is 30.3 Å². The molecule has 10 heteroatoms. The first kappa shape index (κ1) is 25.7. The fourth-order valence-electron chi connectivity index (χ4n) is 4.45. The molecule has 1 fully saturated rings. The second-order valence-corrected chi connectivity index (χ2v) is 9.20. The van der Waals surface area contributed by atoms with E-state index in [-0.39, 0.29) is 31.1 Å². The van der Waals surface area contributed by atoms with Crippen molar-refractivity contribution in [2.45, 2.75) is 57.0 Å². The van der Waals surface area contributed by atoms with Gasteiger partial charge in [-0.3, -0.25) is 24.6 Å². The normalized spacial score (nSPS) is 16.1. The first-order valence-corrected chi connectivity index (χ1v) is 12.0. The van der Waals surface area contributed by atoms with Gasteiger partial charge in [-0.15, -0.1) is 0 Å². The Morgan fingerprint density at radius 2 is 1.88 bits per heavy atom. The minimum Gasteiger partial charge on any atom is -0.370 e. The van der Waals surface area contributed by atoms with Crippen molar-refractivity contribution < 1.29 is 23.6 Å². The zero-order valence-corrected chi connectivity index (χ0v) is 19.7. The lowest BCUT2D eigenvalue weighted by atomic mass is 9.81. The maximum atomic E-state index is 13.5. The fraction of sp³-hybridized carbons (Fsp3) is 0.500. The largest absolute Gasteiger partial charge is 0.370 e. The van der Waals surface area contributed by atoms with Gasteiger partial charge in [0.05, 0.1) is 12.2 Å². The molecular formula is C24H30ClFN4O4. The number of rotatable bonds is 10. The van der Waals surface area contributed by atoms with E-state index in [1.54, 1.807) is 6.07 Å². The Hall–Kier alpha value is -2.94. The highest BCUT2D eigenvalue weighted by Gasteiger charge is 2.31. The number of nitrogens with one attached hydrogen (secondary N) is 2. The van der Waals surface area contributed by atoms with E-state index in [0.29, 0.717) is 17.1 Å². The van der Waals surface area contributed by atoms with Gasteiger partial charge in [-0.2, -0.15) is 0 Å². The first-order valence-electron chi connectivity index (χ1n) is 11.5. The van der Waals surface area contributed by atoms with Crippen LogP contribution in [0, 0.1) is 11.8 Å². The third kappa shape index (κ3) is 7.03. The van der Waals surface area contributed by atoms with Crippen LogP contribution in [0.1, 0.15) is 61.9 Å².